The molecule has 106 valence electrons. The summed E-state index contributed by atoms with van der Waals surface area (Å²) in [7, 11) is 0. The molecule has 0 aliphatic rings. The number of aryl methyl sites for hydroxylation is 1. The van der Waals surface area contributed by atoms with Gasteiger partial charge < -0.3 is 5.32 Å². The summed E-state index contributed by atoms with van der Waals surface area (Å²) in [5.41, 5.74) is 2.82. The second-order valence-electron chi connectivity index (χ2n) is 5.60. The van der Waals surface area contributed by atoms with E-state index in [4.69, 9.17) is 0 Å². The van der Waals surface area contributed by atoms with E-state index in [-0.39, 0.29) is 0 Å². The summed E-state index contributed by atoms with van der Waals surface area (Å²) in [6, 6.07) is 21.4. The standard InChI is InChI=1S/C19H25N/c1-17(9-8-14-18-10-4-2-5-11-18)15-20-16-19-12-6-3-7-13-19/h2-7,10-13,17,20H,8-9,14-16H2,1H3/t17-/m1/s1. The van der Waals surface area contributed by atoms with Crippen LogP contribution in [-0.2, 0) is 13.0 Å². The normalized spacial score (nSPS) is 12.2. The van der Waals surface area contributed by atoms with Crippen molar-refractivity contribution in [3.63, 3.8) is 0 Å². The summed E-state index contributed by atoms with van der Waals surface area (Å²) in [4.78, 5) is 0. The minimum Gasteiger partial charge on any atom is -0.312 e. The van der Waals surface area contributed by atoms with Gasteiger partial charge in [0.15, 0.2) is 0 Å². The van der Waals surface area contributed by atoms with Gasteiger partial charge in [0, 0.05) is 6.54 Å². The Morgan fingerprint density at radius 1 is 0.850 bits per heavy atom. The van der Waals surface area contributed by atoms with Crippen molar-refractivity contribution in [2.24, 2.45) is 5.92 Å². The van der Waals surface area contributed by atoms with Crippen LogP contribution in [0, 0.1) is 5.92 Å². The average molecular weight is 267 g/mol. The molecule has 1 heteroatoms. The molecule has 0 heterocycles. The monoisotopic (exact) mass is 267 g/mol. The SMILES string of the molecule is C[C@H](CCCc1ccccc1)CNCc1ccccc1. The molecule has 0 aromatic heterocycles. The molecule has 20 heavy (non-hydrogen) atoms. The number of hydrogen-bond donors (Lipinski definition) is 1. The Balaban J connectivity index is 1.58. The fraction of sp³-hybridized carbons (Fsp3) is 0.368. The zero-order valence-corrected chi connectivity index (χ0v) is 12.4. The molecular weight excluding hydrogens is 242 g/mol. The first-order valence-corrected chi connectivity index (χ1v) is 7.63. The van der Waals surface area contributed by atoms with Crippen molar-refractivity contribution < 1.29 is 0 Å². The zero-order valence-electron chi connectivity index (χ0n) is 12.4. The van der Waals surface area contributed by atoms with Gasteiger partial charge in [-0.25, -0.2) is 0 Å². The average Bonchev–Trinajstić information content (AvgIpc) is 2.49. The Morgan fingerprint density at radius 3 is 2.10 bits per heavy atom. The van der Waals surface area contributed by atoms with Crippen LogP contribution in [0.4, 0.5) is 0 Å². The molecule has 0 saturated heterocycles. The fourth-order valence-corrected chi connectivity index (χ4v) is 2.46. The van der Waals surface area contributed by atoms with Crippen LogP contribution in [0.2, 0.25) is 0 Å². The minimum atomic E-state index is 0.738. The first kappa shape index (κ1) is 14.8. The maximum absolute atomic E-state index is 3.55. The molecule has 0 saturated carbocycles. The third-order valence-corrected chi connectivity index (χ3v) is 3.67. The summed E-state index contributed by atoms with van der Waals surface area (Å²) in [5.74, 6) is 0.738. The van der Waals surface area contributed by atoms with E-state index in [2.05, 4.69) is 72.9 Å². The van der Waals surface area contributed by atoms with E-state index >= 15 is 0 Å². The molecule has 0 spiro atoms. The Hall–Kier alpha value is -1.60. The Kier molecular flexibility index (Phi) is 6.33. The lowest BCUT2D eigenvalue weighted by Gasteiger charge is -2.12. The molecular formula is C19H25N. The summed E-state index contributed by atoms with van der Waals surface area (Å²) in [6.45, 7) is 4.41. The molecule has 0 amide bonds. The van der Waals surface area contributed by atoms with Gasteiger partial charge in [-0.1, -0.05) is 67.6 Å². The number of rotatable bonds is 8. The highest BCUT2D eigenvalue weighted by Crippen LogP contribution is 2.10. The van der Waals surface area contributed by atoms with Gasteiger partial charge in [-0.15, -0.1) is 0 Å². The molecule has 0 fully saturated rings. The highest BCUT2D eigenvalue weighted by atomic mass is 14.8. The zero-order chi connectivity index (χ0) is 14.0. The largest absolute Gasteiger partial charge is 0.312 e. The van der Waals surface area contributed by atoms with Gasteiger partial charge in [0.25, 0.3) is 0 Å². The van der Waals surface area contributed by atoms with Crippen LogP contribution in [0.25, 0.3) is 0 Å². The minimum absolute atomic E-state index is 0.738. The summed E-state index contributed by atoms with van der Waals surface area (Å²) in [6.07, 6.45) is 3.76. The lowest BCUT2D eigenvalue weighted by Crippen LogP contribution is -2.20. The molecule has 0 radical (unpaired) electrons. The smallest absolute Gasteiger partial charge is 0.0205 e. The third kappa shape index (κ3) is 5.58. The molecule has 2 rings (SSSR count). The van der Waals surface area contributed by atoms with Crippen molar-refractivity contribution in [3.8, 4) is 0 Å². The van der Waals surface area contributed by atoms with Crippen LogP contribution in [0.1, 0.15) is 30.9 Å². The fourth-order valence-electron chi connectivity index (χ4n) is 2.46. The number of benzene rings is 2. The maximum atomic E-state index is 3.55. The van der Waals surface area contributed by atoms with Crippen molar-refractivity contribution >= 4 is 0 Å². The van der Waals surface area contributed by atoms with Crippen molar-refractivity contribution in [1.82, 2.24) is 5.32 Å². The Morgan fingerprint density at radius 2 is 1.45 bits per heavy atom. The number of hydrogen-bond acceptors (Lipinski definition) is 1. The lowest BCUT2D eigenvalue weighted by molar-refractivity contribution is 0.466. The maximum Gasteiger partial charge on any atom is 0.0205 e. The van der Waals surface area contributed by atoms with Gasteiger partial charge in [-0.2, -0.15) is 0 Å². The van der Waals surface area contributed by atoms with Crippen molar-refractivity contribution in [1.29, 1.82) is 0 Å². The van der Waals surface area contributed by atoms with E-state index in [1.165, 1.54) is 30.4 Å². The molecule has 1 atom stereocenters. The second kappa shape index (κ2) is 8.55. The first-order valence-electron chi connectivity index (χ1n) is 7.63. The number of nitrogens with one attached hydrogen (secondary N) is 1. The van der Waals surface area contributed by atoms with E-state index < -0.39 is 0 Å². The second-order valence-corrected chi connectivity index (χ2v) is 5.60. The first-order chi connectivity index (χ1) is 9.84. The van der Waals surface area contributed by atoms with E-state index in [0.29, 0.717) is 0 Å². The molecule has 0 bridgehead atoms. The van der Waals surface area contributed by atoms with Crippen molar-refractivity contribution in [3.05, 3.63) is 71.8 Å². The highest BCUT2D eigenvalue weighted by molar-refractivity contribution is 5.15. The lowest BCUT2D eigenvalue weighted by atomic mass is 10.0. The van der Waals surface area contributed by atoms with Gasteiger partial charge in [0.2, 0.25) is 0 Å². The topological polar surface area (TPSA) is 12.0 Å². The van der Waals surface area contributed by atoms with Crippen LogP contribution in [0.15, 0.2) is 60.7 Å². The van der Waals surface area contributed by atoms with Crippen LogP contribution < -0.4 is 5.32 Å². The van der Waals surface area contributed by atoms with Gasteiger partial charge in [0.1, 0.15) is 0 Å². The van der Waals surface area contributed by atoms with E-state index in [9.17, 15) is 0 Å². The molecule has 2 aromatic carbocycles. The van der Waals surface area contributed by atoms with E-state index in [1.54, 1.807) is 0 Å². The molecule has 0 aliphatic carbocycles. The van der Waals surface area contributed by atoms with Gasteiger partial charge >= 0.3 is 0 Å². The predicted molar refractivity (Wildman–Crippen MR) is 86.7 cm³/mol. The Bertz CT molecular complexity index is 418. The molecule has 0 aliphatic heterocycles. The third-order valence-electron chi connectivity index (χ3n) is 3.67. The quantitative estimate of drug-likeness (QED) is 0.746. The van der Waals surface area contributed by atoms with Crippen LogP contribution >= 0.6 is 0 Å². The summed E-state index contributed by atoms with van der Waals surface area (Å²) >= 11 is 0. The van der Waals surface area contributed by atoms with Crippen molar-refractivity contribution in [2.75, 3.05) is 6.54 Å². The van der Waals surface area contributed by atoms with Crippen LogP contribution in [-0.4, -0.2) is 6.54 Å². The summed E-state index contributed by atoms with van der Waals surface area (Å²) < 4.78 is 0. The highest BCUT2D eigenvalue weighted by Gasteiger charge is 2.02. The summed E-state index contributed by atoms with van der Waals surface area (Å²) in [5, 5.41) is 3.55. The predicted octanol–water partition coefficient (Wildman–Crippen LogP) is 4.44. The molecule has 2 aromatic rings. The molecule has 1 N–H and O–H groups in total. The molecule has 1 nitrogen and oxygen atoms in total. The molecule has 0 unspecified atom stereocenters. The Labute approximate surface area is 123 Å². The van der Waals surface area contributed by atoms with E-state index in [0.717, 1.165) is 19.0 Å². The van der Waals surface area contributed by atoms with Gasteiger partial charge in [-0.3, -0.25) is 0 Å². The van der Waals surface area contributed by atoms with Crippen molar-refractivity contribution in [2.45, 2.75) is 32.7 Å². The van der Waals surface area contributed by atoms with Crippen LogP contribution in [0.3, 0.4) is 0 Å². The van der Waals surface area contributed by atoms with Gasteiger partial charge in [0.05, 0.1) is 0 Å². The van der Waals surface area contributed by atoms with E-state index in [1.807, 2.05) is 0 Å². The van der Waals surface area contributed by atoms with Crippen LogP contribution in [0.5, 0.6) is 0 Å². The van der Waals surface area contributed by atoms with Gasteiger partial charge in [-0.05, 0) is 42.9 Å².